The molecule has 2 bridgehead atoms. The van der Waals surface area contributed by atoms with E-state index in [0.717, 1.165) is 53.9 Å². The summed E-state index contributed by atoms with van der Waals surface area (Å²) in [5.74, 6) is 0.304. The predicted molar refractivity (Wildman–Crippen MR) is 108 cm³/mol. The normalized spacial score (nSPS) is 17.1. The van der Waals surface area contributed by atoms with Crippen molar-refractivity contribution >= 4 is 0 Å². The van der Waals surface area contributed by atoms with Crippen molar-refractivity contribution in [2.45, 2.75) is 65.6 Å². The van der Waals surface area contributed by atoms with E-state index >= 15 is 0 Å². The third-order valence-corrected chi connectivity index (χ3v) is 5.22. The van der Waals surface area contributed by atoms with Crippen LogP contribution in [-0.4, -0.2) is 23.3 Å². The fourth-order valence-electron chi connectivity index (χ4n) is 3.76. The molecule has 0 saturated heterocycles. The number of ether oxygens (including phenoxy) is 2. The summed E-state index contributed by atoms with van der Waals surface area (Å²) in [6, 6.07) is 4.10. The van der Waals surface area contributed by atoms with Crippen molar-refractivity contribution in [1.29, 1.82) is 0 Å². The molecule has 0 amide bonds. The van der Waals surface area contributed by atoms with Gasteiger partial charge in [0.05, 0.1) is 13.2 Å². The van der Waals surface area contributed by atoms with Gasteiger partial charge >= 0.3 is 0 Å². The van der Waals surface area contributed by atoms with Gasteiger partial charge in [0.25, 0.3) is 0 Å². The standard InChI is InChI=1S/C23H31NO3/c1-17-13-24-14-18(2)22(17)19-11-20-15-26-9-7-5-3-4-6-8-10-27-16-21(12-19)23(20)25/h11-14,25H,3-10,15-16H2,1-2H3. The summed E-state index contributed by atoms with van der Waals surface area (Å²) in [7, 11) is 0. The highest BCUT2D eigenvalue weighted by molar-refractivity contribution is 5.72. The van der Waals surface area contributed by atoms with Gasteiger partial charge in [-0.2, -0.15) is 0 Å². The monoisotopic (exact) mass is 369 g/mol. The number of phenols is 1. The number of pyridine rings is 1. The Morgan fingerprint density at radius 1 is 0.778 bits per heavy atom. The minimum absolute atomic E-state index is 0.304. The Morgan fingerprint density at radius 2 is 1.26 bits per heavy atom. The Bertz CT molecular complexity index is 702. The minimum atomic E-state index is 0.304. The minimum Gasteiger partial charge on any atom is -0.507 e. The van der Waals surface area contributed by atoms with Crippen LogP contribution in [0.3, 0.4) is 0 Å². The largest absolute Gasteiger partial charge is 0.507 e. The van der Waals surface area contributed by atoms with Crippen LogP contribution in [0.4, 0.5) is 0 Å². The molecular formula is C23H31NO3. The van der Waals surface area contributed by atoms with Crippen LogP contribution in [0.2, 0.25) is 0 Å². The van der Waals surface area contributed by atoms with E-state index in [1.165, 1.54) is 31.2 Å². The van der Waals surface area contributed by atoms with Crippen LogP contribution in [0.25, 0.3) is 11.1 Å². The first-order chi connectivity index (χ1) is 13.2. The van der Waals surface area contributed by atoms with E-state index in [-0.39, 0.29) is 0 Å². The van der Waals surface area contributed by atoms with Gasteiger partial charge in [-0.1, -0.05) is 25.7 Å². The van der Waals surface area contributed by atoms with E-state index < -0.39 is 0 Å². The summed E-state index contributed by atoms with van der Waals surface area (Å²) in [6.45, 7) is 6.48. The maximum absolute atomic E-state index is 10.8. The number of rotatable bonds is 1. The van der Waals surface area contributed by atoms with Gasteiger partial charge in [-0.25, -0.2) is 0 Å². The van der Waals surface area contributed by atoms with Crippen LogP contribution < -0.4 is 0 Å². The van der Waals surface area contributed by atoms with Crippen molar-refractivity contribution in [3.8, 4) is 16.9 Å². The molecule has 1 aliphatic heterocycles. The zero-order valence-corrected chi connectivity index (χ0v) is 16.6. The fourth-order valence-corrected chi connectivity index (χ4v) is 3.76. The molecule has 4 nitrogen and oxygen atoms in total. The Hall–Kier alpha value is -1.91. The van der Waals surface area contributed by atoms with Gasteiger partial charge in [0.2, 0.25) is 0 Å². The first kappa shape index (κ1) is 19.8. The lowest BCUT2D eigenvalue weighted by molar-refractivity contribution is 0.112. The summed E-state index contributed by atoms with van der Waals surface area (Å²) >= 11 is 0. The van der Waals surface area contributed by atoms with E-state index in [0.29, 0.717) is 19.0 Å². The number of nitrogens with zero attached hydrogens (tertiary/aromatic N) is 1. The lowest BCUT2D eigenvalue weighted by Gasteiger charge is -2.16. The van der Waals surface area contributed by atoms with E-state index in [1.54, 1.807) is 0 Å². The van der Waals surface area contributed by atoms with E-state index in [4.69, 9.17) is 9.47 Å². The molecule has 0 radical (unpaired) electrons. The van der Waals surface area contributed by atoms with Crippen LogP contribution in [0, 0.1) is 13.8 Å². The highest BCUT2D eigenvalue weighted by Crippen LogP contribution is 2.34. The predicted octanol–water partition coefficient (Wildman–Crippen LogP) is 5.46. The zero-order chi connectivity index (χ0) is 19.1. The summed E-state index contributed by atoms with van der Waals surface area (Å²) in [5, 5.41) is 10.8. The number of aromatic nitrogens is 1. The maximum atomic E-state index is 10.8. The lowest BCUT2D eigenvalue weighted by atomic mass is 9.94. The highest BCUT2D eigenvalue weighted by atomic mass is 16.5. The van der Waals surface area contributed by atoms with Crippen molar-refractivity contribution in [1.82, 2.24) is 4.98 Å². The molecule has 0 spiro atoms. The van der Waals surface area contributed by atoms with Gasteiger partial charge in [-0.3, -0.25) is 4.98 Å². The van der Waals surface area contributed by atoms with Crippen molar-refractivity contribution in [3.05, 3.63) is 46.8 Å². The molecule has 0 fully saturated rings. The van der Waals surface area contributed by atoms with Crippen LogP contribution in [0.15, 0.2) is 24.5 Å². The first-order valence-electron chi connectivity index (χ1n) is 10.1. The molecule has 27 heavy (non-hydrogen) atoms. The number of fused-ring (bicyclic) bond motifs is 2. The third kappa shape index (κ3) is 5.30. The molecule has 3 rings (SSSR count). The SMILES string of the molecule is Cc1cncc(C)c1-c1cc2c(O)c(c1)COCCCCCCCCOC2. The van der Waals surface area contributed by atoms with Gasteiger partial charge in [0, 0.05) is 36.7 Å². The quantitative estimate of drug-likeness (QED) is 0.725. The molecule has 1 aliphatic rings. The average Bonchev–Trinajstić information content (AvgIpc) is 2.65. The Morgan fingerprint density at radius 3 is 1.78 bits per heavy atom. The first-order valence-corrected chi connectivity index (χ1v) is 10.1. The van der Waals surface area contributed by atoms with Crippen molar-refractivity contribution < 1.29 is 14.6 Å². The topological polar surface area (TPSA) is 51.6 Å². The number of hydrogen-bond acceptors (Lipinski definition) is 4. The number of aromatic hydroxyl groups is 1. The number of phenolic OH excluding ortho intramolecular Hbond substituents is 1. The second-order valence-corrected chi connectivity index (χ2v) is 7.52. The molecule has 1 aromatic carbocycles. The fraction of sp³-hybridized carbons (Fsp3) is 0.522. The Kier molecular flexibility index (Phi) is 7.25. The van der Waals surface area contributed by atoms with Crippen molar-refractivity contribution in [2.24, 2.45) is 0 Å². The molecular weight excluding hydrogens is 338 g/mol. The molecule has 0 atom stereocenters. The van der Waals surface area contributed by atoms with Gasteiger partial charge in [0.15, 0.2) is 0 Å². The van der Waals surface area contributed by atoms with E-state index in [1.807, 2.05) is 24.5 Å². The molecule has 1 aromatic heterocycles. The molecule has 0 saturated carbocycles. The molecule has 0 unspecified atom stereocenters. The molecule has 1 N–H and O–H groups in total. The maximum Gasteiger partial charge on any atom is 0.126 e. The smallest absolute Gasteiger partial charge is 0.126 e. The summed E-state index contributed by atoms with van der Waals surface area (Å²) in [4.78, 5) is 4.28. The lowest BCUT2D eigenvalue weighted by Crippen LogP contribution is -2.01. The molecule has 0 aliphatic carbocycles. The summed E-state index contributed by atoms with van der Waals surface area (Å²) in [6.07, 6.45) is 10.8. The molecule has 2 heterocycles. The van der Waals surface area contributed by atoms with Crippen LogP contribution in [0.1, 0.15) is 60.8 Å². The molecule has 146 valence electrons. The van der Waals surface area contributed by atoms with Crippen LogP contribution in [-0.2, 0) is 22.7 Å². The van der Waals surface area contributed by atoms with Crippen molar-refractivity contribution in [3.63, 3.8) is 0 Å². The second-order valence-electron chi connectivity index (χ2n) is 7.52. The average molecular weight is 370 g/mol. The van der Waals surface area contributed by atoms with Crippen molar-refractivity contribution in [2.75, 3.05) is 13.2 Å². The van der Waals surface area contributed by atoms with Crippen LogP contribution >= 0.6 is 0 Å². The Labute approximate surface area is 162 Å². The molecule has 2 aromatic rings. The van der Waals surface area contributed by atoms with Gasteiger partial charge in [0.1, 0.15) is 5.75 Å². The third-order valence-electron chi connectivity index (χ3n) is 5.22. The summed E-state index contributed by atoms with van der Waals surface area (Å²) < 4.78 is 11.7. The van der Waals surface area contributed by atoms with Gasteiger partial charge in [-0.05, 0) is 61.1 Å². The Balaban J connectivity index is 1.93. The second kappa shape index (κ2) is 9.86. The number of hydrogen-bond donors (Lipinski definition) is 1. The van der Waals surface area contributed by atoms with Crippen LogP contribution in [0.5, 0.6) is 5.75 Å². The zero-order valence-electron chi connectivity index (χ0n) is 16.6. The van der Waals surface area contributed by atoms with E-state index in [2.05, 4.69) is 18.8 Å². The van der Waals surface area contributed by atoms with E-state index in [9.17, 15) is 5.11 Å². The van der Waals surface area contributed by atoms with Gasteiger partial charge in [-0.15, -0.1) is 0 Å². The number of aryl methyl sites for hydroxylation is 2. The van der Waals surface area contributed by atoms with Gasteiger partial charge < -0.3 is 14.6 Å². The number of benzene rings is 1. The molecule has 4 heteroatoms. The summed E-state index contributed by atoms with van der Waals surface area (Å²) in [5.41, 5.74) is 6.18. The highest BCUT2D eigenvalue weighted by Gasteiger charge is 2.15.